The number of hydrogen-bond acceptors (Lipinski definition) is 2. The van der Waals surface area contributed by atoms with E-state index in [1.807, 2.05) is 0 Å². The zero-order chi connectivity index (χ0) is 6.78. The van der Waals surface area contributed by atoms with Crippen molar-refractivity contribution in [2.45, 2.75) is 12.5 Å². The summed E-state index contributed by atoms with van der Waals surface area (Å²) in [6.07, 6.45) is 0. The molecule has 0 radical (unpaired) electrons. The smallest absolute Gasteiger partial charge is 0.324 e. The lowest BCUT2D eigenvalue weighted by Gasteiger charge is -2.13. The molecule has 0 spiro atoms. The van der Waals surface area contributed by atoms with E-state index in [1.165, 1.54) is 6.92 Å². The van der Waals surface area contributed by atoms with Gasteiger partial charge in [-0.05, 0) is 6.92 Å². The van der Waals surface area contributed by atoms with Gasteiger partial charge in [0.15, 0.2) is 0 Å². The summed E-state index contributed by atoms with van der Waals surface area (Å²) in [6.45, 7) is 1.36. The lowest BCUT2D eigenvalue weighted by Crippen LogP contribution is -2.46. The van der Waals surface area contributed by atoms with E-state index in [9.17, 15) is 4.79 Å². The van der Waals surface area contributed by atoms with Crippen LogP contribution in [0.1, 0.15) is 6.92 Å². The highest BCUT2D eigenvalue weighted by atomic mass is 35.5. The van der Waals surface area contributed by atoms with Gasteiger partial charge < -0.3 is 10.8 Å². The van der Waals surface area contributed by atoms with Crippen molar-refractivity contribution in [3.8, 4) is 0 Å². The van der Waals surface area contributed by atoms with Crippen molar-refractivity contribution in [2.75, 3.05) is 5.88 Å². The second-order valence-electron chi connectivity index (χ2n) is 1.86. The molecule has 0 aliphatic carbocycles. The summed E-state index contributed by atoms with van der Waals surface area (Å²) in [5, 5.41) is 8.23. The van der Waals surface area contributed by atoms with Crippen LogP contribution in [0.5, 0.6) is 0 Å². The van der Waals surface area contributed by atoms with Crippen LogP contribution in [-0.2, 0) is 4.79 Å². The third-order valence-electron chi connectivity index (χ3n) is 0.766. The van der Waals surface area contributed by atoms with Crippen LogP contribution in [-0.4, -0.2) is 22.5 Å². The summed E-state index contributed by atoms with van der Waals surface area (Å²) < 4.78 is 0. The van der Waals surface area contributed by atoms with Gasteiger partial charge in [0.1, 0.15) is 5.54 Å². The lowest BCUT2D eigenvalue weighted by molar-refractivity contribution is -0.141. The molecule has 0 aromatic carbocycles. The van der Waals surface area contributed by atoms with Crippen LogP contribution in [0.2, 0.25) is 0 Å². The molecule has 0 aliphatic rings. The molecule has 3 N–H and O–H groups in total. The second-order valence-corrected chi connectivity index (χ2v) is 2.12. The molecule has 8 heavy (non-hydrogen) atoms. The maximum absolute atomic E-state index is 10.0. The van der Waals surface area contributed by atoms with Crippen molar-refractivity contribution in [3.05, 3.63) is 0 Å². The van der Waals surface area contributed by atoms with E-state index in [2.05, 4.69) is 0 Å². The van der Waals surface area contributed by atoms with Crippen LogP contribution in [0, 0.1) is 0 Å². The van der Waals surface area contributed by atoms with Crippen LogP contribution in [0.4, 0.5) is 0 Å². The predicted octanol–water partition coefficient (Wildman–Crippen LogP) is 0.0272. The fourth-order valence-corrected chi connectivity index (χ4v) is 0.171. The first-order chi connectivity index (χ1) is 3.50. The molecular weight excluding hydrogens is 130 g/mol. The molecule has 0 bridgehead atoms. The number of halogens is 1. The van der Waals surface area contributed by atoms with E-state index in [1.54, 1.807) is 0 Å². The van der Waals surface area contributed by atoms with Gasteiger partial charge in [-0.3, -0.25) is 4.79 Å². The third kappa shape index (κ3) is 1.68. The van der Waals surface area contributed by atoms with E-state index in [4.69, 9.17) is 22.4 Å². The van der Waals surface area contributed by atoms with Gasteiger partial charge in [-0.15, -0.1) is 11.6 Å². The molecule has 0 amide bonds. The normalized spacial score (nSPS) is 17.4. The van der Waals surface area contributed by atoms with Crippen LogP contribution in [0.3, 0.4) is 0 Å². The summed E-state index contributed by atoms with van der Waals surface area (Å²) in [4.78, 5) is 10.0. The third-order valence-corrected chi connectivity index (χ3v) is 1.32. The number of aliphatic carboxylic acids is 1. The van der Waals surface area contributed by atoms with Crippen LogP contribution < -0.4 is 5.73 Å². The highest BCUT2D eigenvalue weighted by molar-refractivity contribution is 6.20. The van der Waals surface area contributed by atoms with E-state index < -0.39 is 11.5 Å². The molecule has 0 aliphatic heterocycles. The van der Waals surface area contributed by atoms with Gasteiger partial charge in [0.25, 0.3) is 0 Å². The lowest BCUT2D eigenvalue weighted by atomic mass is 10.1. The molecule has 0 saturated heterocycles. The van der Waals surface area contributed by atoms with Crippen molar-refractivity contribution < 1.29 is 9.90 Å². The Hall–Kier alpha value is -0.280. The number of alkyl halides is 1. The predicted molar refractivity (Wildman–Crippen MR) is 30.9 cm³/mol. The zero-order valence-electron chi connectivity index (χ0n) is 4.52. The van der Waals surface area contributed by atoms with Crippen molar-refractivity contribution in [1.82, 2.24) is 0 Å². The minimum atomic E-state index is -1.28. The van der Waals surface area contributed by atoms with Crippen LogP contribution >= 0.6 is 11.6 Å². The van der Waals surface area contributed by atoms with Crippen molar-refractivity contribution >= 4 is 17.6 Å². The highest BCUT2D eigenvalue weighted by Gasteiger charge is 2.25. The number of hydrogen-bond donors (Lipinski definition) is 2. The standard InChI is InChI=1S/C4H8ClNO2/c1-4(6,2-5)3(7)8/h2,6H2,1H3,(H,7,8)/t4-/m0/s1. The molecule has 0 rings (SSSR count). The van der Waals surface area contributed by atoms with Crippen molar-refractivity contribution in [1.29, 1.82) is 0 Å². The SMILES string of the molecule is C[C@](N)(CCl)C(=O)O. The molecule has 0 saturated carbocycles. The zero-order valence-corrected chi connectivity index (χ0v) is 5.27. The Labute approximate surface area is 52.4 Å². The summed E-state index contributed by atoms with van der Waals surface area (Å²) in [5.74, 6) is -1.14. The molecule has 0 unspecified atom stereocenters. The minimum Gasteiger partial charge on any atom is -0.480 e. The molecule has 48 valence electrons. The number of carbonyl (C=O) groups is 1. The maximum Gasteiger partial charge on any atom is 0.324 e. The molecule has 3 nitrogen and oxygen atoms in total. The molecule has 0 fully saturated rings. The van der Waals surface area contributed by atoms with E-state index in [0.29, 0.717) is 0 Å². The first-order valence-electron chi connectivity index (χ1n) is 2.09. The summed E-state index contributed by atoms with van der Waals surface area (Å²) in [6, 6.07) is 0. The average molecular weight is 138 g/mol. The fourth-order valence-electron chi connectivity index (χ4n) is 0.0572. The monoisotopic (exact) mass is 137 g/mol. The Morgan fingerprint density at radius 1 is 2.00 bits per heavy atom. The Morgan fingerprint density at radius 2 is 2.38 bits per heavy atom. The summed E-state index contributed by atoms with van der Waals surface area (Å²) in [7, 11) is 0. The number of nitrogens with two attached hydrogens (primary N) is 1. The maximum atomic E-state index is 10.0. The van der Waals surface area contributed by atoms with E-state index in [-0.39, 0.29) is 5.88 Å². The molecule has 4 heteroatoms. The van der Waals surface area contributed by atoms with E-state index >= 15 is 0 Å². The Kier molecular flexibility index (Phi) is 2.25. The second kappa shape index (κ2) is 2.33. The summed E-state index contributed by atoms with van der Waals surface area (Å²) in [5.41, 5.74) is 3.85. The molecule has 1 atom stereocenters. The topological polar surface area (TPSA) is 63.3 Å². The van der Waals surface area contributed by atoms with Crippen LogP contribution in [0.15, 0.2) is 0 Å². The van der Waals surface area contributed by atoms with Gasteiger partial charge in [0.05, 0.1) is 5.88 Å². The Morgan fingerprint density at radius 3 is 2.38 bits per heavy atom. The highest BCUT2D eigenvalue weighted by Crippen LogP contribution is 2.00. The molecule has 0 aromatic heterocycles. The van der Waals surface area contributed by atoms with Gasteiger partial charge in [-0.1, -0.05) is 0 Å². The van der Waals surface area contributed by atoms with Gasteiger partial charge in [0.2, 0.25) is 0 Å². The molecule has 0 heterocycles. The first-order valence-corrected chi connectivity index (χ1v) is 2.62. The van der Waals surface area contributed by atoms with Gasteiger partial charge in [-0.25, -0.2) is 0 Å². The fraction of sp³-hybridized carbons (Fsp3) is 0.750. The number of carboxylic acids is 1. The van der Waals surface area contributed by atoms with Gasteiger partial charge in [-0.2, -0.15) is 0 Å². The average Bonchev–Trinajstić information content (AvgIpc) is 1.67. The summed E-state index contributed by atoms with van der Waals surface area (Å²) >= 11 is 5.18. The number of rotatable bonds is 2. The van der Waals surface area contributed by atoms with E-state index in [0.717, 1.165) is 0 Å². The Bertz CT molecular complexity index is 102. The van der Waals surface area contributed by atoms with Crippen molar-refractivity contribution in [2.24, 2.45) is 5.73 Å². The molecule has 0 aromatic rings. The van der Waals surface area contributed by atoms with Crippen LogP contribution in [0.25, 0.3) is 0 Å². The Balaban J connectivity index is 3.91. The quantitative estimate of drug-likeness (QED) is 0.528. The molecular formula is C4H8ClNO2. The van der Waals surface area contributed by atoms with Crippen molar-refractivity contribution in [3.63, 3.8) is 0 Å². The minimum absolute atomic E-state index is 0.0671. The number of carboxylic acid groups (broad SMARTS) is 1. The van der Waals surface area contributed by atoms with Gasteiger partial charge >= 0.3 is 5.97 Å². The first kappa shape index (κ1) is 7.72. The largest absolute Gasteiger partial charge is 0.480 e. The van der Waals surface area contributed by atoms with Gasteiger partial charge in [0, 0.05) is 0 Å².